The van der Waals surface area contributed by atoms with Crippen molar-refractivity contribution >= 4 is 22.4 Å². The summed E-state index contributed by atoms with van der Waals surface area (Å²) in [4.78, 5) is 18.3. The number of aromatic nitrogens is 1. The van der Waals surface area contributed by atoms with Gasteiger partial charge in [0.1, 0.15) is 0 Å². The number of thiazole rings is 1. The summed E-state index contributed by atoms with van der Waals surface area (Å²) in [5, 5.41) is 8.25. The molecule has 0 radical (unpaired) electrons. The average Bonchev–Trinajstić information content (AvgIpc) is 2.75. The SMILES string of the molecule is CNCC(=O)Nc1nc(CN2CC(C)OC(C)C2)cs1. The van der Waals surface area contributed by atoms with E-state index in [1.165, 1.54) is 11.3 Å². The van der Waals surface area contributed by atoms with Gasteiger partial charge in [0.15, 0.2) is 5.13 Å². The topological polar surface area (TPSA) is 66.5 Å². The van der Waals surface area contributed by atoms with E-state index in [2.05, 4.69) is 34.4 Å². The second-order valence-electron chi connectivity index (χ2n) is 5.17. The van der Waals surface area contributed by atoms with Crippen LogP contribution in [0.2, 0.25) is 0 Å². The van der Waals surface area contributed by atoms with Crippen LogP contribution in [-0.2, 0) is 16.1 Å². The van der Waals surface area contributed by atoms with Crippen LogP contribution in [0.15, 0.2) is 5.38 Å². The predicted molar refractivity (Wildman–Crippen MR) is 80.0 cm³/mol. The molecule has 2 N–H and O–H groups in total. The van der Waals surface area contributed by atoms with Crippen LogP contribution in [0.4, 0.5) is 5.13 Å². The fourth-order valence-corrected chi connectivity index (χ4v) is 3.12. The summed E-state index contributed by atoms with van der Waals surface area (Å²) in [5.74, 6) is -0.0676. The molecule has 0 bridgehead atoms. The zero-order valence-corrected chi connectivity index (χ0v) is 13.0. The zero-order valence-electron chi connectivity index (χ0n) is 12.2. The van der Waals surface area contributed by atoms with Crippen LogP contribution in [0.5, 0.6) is 0 Å². The van der Waals surface area contributed by atoms with Crippen LogP contribution < -0.4 is 10.6 Å². The van der Waals surface area contributed by atoms with Gasteiger partial charge in [0.25, 0.3) is 0 Å². The molecule has 0 aromatic carbocycles. The summed E-state index contributed by atoms with van der Waals surface area (Å²) in [6, 6.07) is 0. The Morgan fingerprint density at radius 3 is 2.85 bits per heavy atom. The molecule has 6 nitrogen and oxygen atoms in total. The van der Waals surface area contributed by atoms with Gasteiger partial charge in [-0.15, -0.1) is 11.3 Å². The highest BCUT2D eigenvalue weighted by molar-refractivity contribution is 7.13. The lowest BCUT2D eigenvalue weighted by Crippen LogP contribution is -2.44. The lowest BCUT2D eigenvalue weighted by molar-refractivity contribution is -0.115. The highest BCUT2D eigenvalue weighted by atomic mass is 32.1. The molecule has 1 saturated heterocycles. The molecule has 7 heteroatoms. The van der Waals surface area contributed by atoms with E-state index in [0.29, 0.717) is 11.7 Å². The van der Waals surface area contributed by atoms with Crippen molar-refractivity contribution in [3.63, 3.8) is 0 Å². The van der Waals surface area contributed by atoms with Gasteiger partial charge < -0.3 is 15.4 Å². The van der Waals surface area contributed by atoms with E-state index in [-0.39, 0.29) is 18.1 Å². The van der Waals surface area contributed by atoms with Crippen LogP contribution in [0.1, 0.15) is 19.5 Å². The van der Waals surface area contributed by atoms with Gasteiger partial charge in [0.2, 0.25) is 5.91 Å². The lowest BCUT2D eigenvalue weighted by Gasteiger charge is -2.34. The average molecular weight is 298 g/mol. The smallest absolute Gasteiger partial charge is 0.240 e. The number of amides is 1. The number of carbonyl (C=O) groups is 1. The minimum absolute atomic E-state index is 0.0676. The highest BCUT2D eigenvalue weighted by Crippen LogP contribution is 2.19. The van der Waals surface area contributed by atoms with Crippen molar-refractivity contribution in [3.8, 4) is 0 Å². The number of hydrogen-bond acceptors (Lipinski definition) is 6. The monoisotopic (exact) mass is 298 g/mol. The number of carbonyl (C=O) groups excluding carboxylic acids is 1. The number of anilines is 1. The molecule has 1 aliphatic rings. The minimum Gasteiger partial charge on any atom is -0.373 e. The van der Waals surface area contributed by atoms with Crippen LogP contribution >= 0.6 is 11.3 Å². The summed E-state index contributed by atoms with van der Waals surface area (Å²) in [6.07, 6.45) is 0.513. The predicted octanol–water partition coefficient (Wildman–Crippen LogP) is 0.910. The summed E-state index contributed by atoms with van der Waals surface area (Å²) in [5.41, 5.74) is 0.996. The van der Waals surface area contributed by atoms with Gasteiger partial charge in [0, 0.05) is 25.0 Å². The molecule has 1 aromatic heterocycles. The third-order valence-corrected chi connectivity index (χ3v) is 3.82. The number of nitrogens with zero attached hydrogens (tertiary/aromatic N) is 2. The molecule has 1 aromatic rings. The van der Waals surface area contributed by atoms with E-state index in [4.69, 9.17) is 4.74 Å². The van der Waals surface area contributed by atoms with Gasteiger partial charge in [-0.2, -0.15) is 0 Å². The molecule has 2 heterocycles. The van der Waals surface area contributed by atoms with Crippen LogP contribution in [0.3, 0.4) is 0 Å². The molecular formula is C13H22N4O2S. The van der Waals surface area contributed by atoms with E-state index in [1.54, 1.807) is 7.05 Å². The Labute approximate surface area is 123 Å². The number of morpholine rings is 1. The van der Waals surface area contributed by atoms with Gasteiger partial charge in [-0.25, -0.2) is 4.98 Å². The maximum atomic E-state index is 11.5. The van der Waals surface area contributed by atoms with Crippen molar-refractivity contribution in [1.29, 1.82) is 0 Å². The molecule has 1 amide bonds. The zero-order chi connectivity index (χ0) is 14.5. The van der Waals surface area contributed by atoms with E-state index >= 15 is 0 Å². The Morgan fingerprint density at radius 1 is 1.50 bits per heavy atom. The number of rotatable bonds is 5. The first-order valence-electron chi connectivity index (χ1n) is 6.83. The van der Waals surface area contributed by atoms with Crippen molar-refractivity contribution in [2.24, 2.45) is 0 Å². The second kappa shape index (κ2) is 7.12. The lowest BCUT2D eigenvalue weighted by atomic mass is 10.2. The number of hydrogen-bond donors (Lipinski definition) is 2. The molecule has 0 aliphatic carbocycles. The Kier molecular flexibility index (Phi) is 5.47. The van der Waals surface area contributed by atoms with Crippen LogP contribution in [-0.4, -0.2) is 54.7 Å². The molecule has 0 saturated carbocycles. The van der Waals surface area contributed by atoms with Crippen molar-refractivity contribution in [2.75, 3.05) is 32.0 Å². The van der Waals surface area contributed by atoms with E-state index in [9.17, 15) is 4.79 Å². The maximum Gasteiger partial charge on any atom is 0.240 e. The number of nitrogens with one attached hydrogen (secondary N) is 2. The first-order valence-corrected chi connectivity index (χ1v) is 7.71. The third-order valence-electron chi connectivity index (χ3n) is 3.02. The molecule has 2 unspecified atom stereocenters. The van der Waals surface area contributed by atoms with Gasteiger partial charge in [-0.3, -0.25) is 9.69 Å². The summed E-state index contributed by atoms with van der Waals surface area (Å²) in [6.45, 7) is 7.12. The molecular weight excluding hydrogens is 276 g/mol. The minimum atomic E-state index is -0.0676. The fourth-order valence-electron chi connectivity index (χ4n) is 2.40. The molecule has 0 spiro atoms. The Bertz CT molecular complexity index is 441. The van der Waals surface area contributed by atoms with Gasteiger partial charge >= 0.3 is 0 Å². The quantitative estimate of drug-likeness (QED) is 0.846. The highest BCUT2D eigenvalue weighted by Gasteiger charge is 2.22. The van der Waals surface area contributed by atoms with Crippen molar-refractivity contribution in [1.82, 2.24) is 15.2 Å². The summed E-state index contributed by atoms with van der Waals surface area (Å²) in [7, 11) is 1.74. The first kappa shape index (κ1) is 15.4. The molecule has 112 valence electrons. The Hall–Kier alpha value is -1.02. The van der Waals surface area contributed by atoms with Gasteiger partial charge in [-0.1, -0.05) is 0 Å². The van der Waals surface area contributed by atoms with Crippen molar-refractivity contribution < 1.29 is 9.53 Å². The van der Waals surface area contributed by atoms with Crippen LogP contribution in [0.25, 0.3) is 0 Å². The molecule has 2 atom stereocenters. The van der Waals surface area contributed by atoms with Crippen molar-refractivity contribution in [3.05, 3.63) is 11.1 Å². The largest absolute Gasteiger partial charge is 0.373 e. The summed E-state index contributed by atoms with van der Waals surface area (Å²) < 4.78 is 5.72. The molecule has 20 heavy (non-hydrogen) atoms. The first-order chi connectivity index (χ1) is 9.56. The number of ether oxygens (including phenoxy) is 1. The standard InChI is InChI=1S/C13H22N4O2S/c1-9-5-17(6-10(2)19-9)7-11-8-20-13(15-11)16-12(18)4-14-3/h8-10,14H,4-7H2,1-3H3,(H,15,16,18). The fraction of sp³-hybridized carbons (Fsp3) is 0.692. The van der Waals surface area contributed by atoms with Crippen LogP contribution in [0, 0.1) is 0 Å². The molecule has 2 rings (SSSR count). The Balaban J connectivity index is 1.87. The third kappa shape index (κ3) is 4.52. The van der Waals surface area contributed by atoms with E-state index in [1.807, 2.05) is 5.38 Å². The maximum absolute atomic E-state index is 11.5. The Morgan fingerprint density at radius 2 is 2.20 bits per heavy atom. The number of likely N-dealkylation sites (N-methyl/N-ethyl adjacent to an activating group) is 1. The normalized spacial score (nSPS) is 23.8. The van der Waals surface area contributed by atoms with Gasteiger partial charge in [-0.05, 0) is 20.9 Å². The van der Waals surface area contributed by atoms with Crippen molar-refractivity contribution in [2.45, 2.75) is 32.6 Å². The molecule has 1 fully saturated rings. The van der Waals surface area contributed by atoms with E-state index in [0.717, 1.165) is 25.3 Å². The van der Waals surface area contributed by atoms with Gasteiger partial charge in [0.05, 0.1) is 24.4 Å². The summed E-state index contributed by atoms with van der Waals surface area (Å²) >= 11 is 1.47. The molecule has 1 aliphatic heterocycles. The second-order valence-corrected chi connectivity index (χ2v) is 6.03. The van der Waals surface area contributed by atoms with E-state index < -0.39 is 0 Å².